The molecular weight excluding hydrogens is 248 g/mol. The quantitative estimate of drug-likeness (QED) is 0.417. The van der Waals surface area contributed by atoms with E-state index in [9.17, 15) is 0 Å². The molecule has 0 bridgehead atoms. The Morgan fingerprint density at radius 3 is 1.94 bits per heavy atom. The number of rotatable bonds is 3. The summed E-state index contributed by atoms with van der Waals surface area (Å²) in [6.45, 7) is 3.12. The van der Waals surface area contributed by atoms with Crippen molar-refractivity contribution in [1.29, 1.82) is 0 Å². The first-order valence-electron chi connectivity index (χ1n) is 5.23. The zero-order valence-electron chi connectivity index (χ0n) is 11.7. The van der Waals surface area contributed by atoms with Crippen LogP contribution in [0, 0.1) is 0 Å². The van der Waals surface area contributed by atoms with Crippen molar-refractivity contribution in [2.24, 2.45) is 0 Å². The van der Waals surface area contributed by atoms with Crippen molar-refractivity contribution >= 4 is 6.29 Å². The van der Waals surface area contributed by atoms with Crippen LogP contribution in [-0.2, 0) is 14.3 Å². The fourth-order valence-electron chi connectivity index (χ4n) is 0.746. The first-order chi connectivity index (χ1) is 8.05. The van der Waals surface area contributed by atoms with Crippen molar-refractivity contribution in [3.05, 3.63) is 0 Å². The second kappa shape index (κ2) is 16.4. The Balaban J connectivity index is -0.0000000928. The molecular formula is C10H25O8+. The first-order valence-corrected chi connectivity index (χ1v) is 5.23. The van der Waals surface area contributed by atoms with Crippen LogP contribution in [0.2, 0.25) is 0 Å². The van der Waals surface area contributed by atoms with Gasteiger partial charge in [0.2, 0.25) is 0 Å². The van der Waals surface area contributed by atoms with Gasteiger partial charge in [-0.1, -0.05) is 0 Å². The Kier molecular flexibility index (Phi) is 20.5. The highest BCUT2D eigenvalue weighted by molar-refractivity contribution is 5.44. The number of aliphatic hydroxyl groups excluding tert-OH is 4. The van der Waals surface area contributed by atoms with Crippen LogP contribution in [0.3, 0.4) is 0 Å². The molecule has 2 unspecified atom stereocenters. The predicted molar refractivity (Wildman–Crippen MR) is 64.0 cm³/mol. The highest BCUT2D eigenvalue weighted by Gasteiger charge is 2.20. The third-order valence-electron chi connectivity index (χ3n) is 1.53. The Morgan fingerprint density at radius 2 is 1.83 bits per heavy atom. The van der Waals surface area contributed by atoms with E-state index in [-0.39, 0.29) is 39.1 Å². The Morgan fingerprint density at radius 1 is 1.39 bits per heavy atom. The topological polar surface area (TPSA) is 148 Å². The molecule has 0 amide bonds. The fourth-order valence-corrected chi connectivity index (χ4v) is 0.746. The molecule has 18 heavy (non-hydrogen) atoms. The van der Waals surface area contributed by atoms with Crippen LogP contribution in [0.5, 0.6) is 0 Å². The van der Waals surface area contributed by atoms with E-state index in [0.29, 0.717) is 6.61 Å². The highest BCUT2D eigenvalue weighted by atomic mass is 16.7. The standard InChI is InChI=1S/C5H10O3.C3H8O3.C2H4O.H2O/c1-4-7-3-5(2-6)8-4;4-1-3(6)2-5;1-2-3;/h4-6H,2-3H2,1H3;3-6H,1-2H2;2H,1H3;1H2/p+1. The molecule has 0 radical (unpaired) electrons. The monoisotopic (exact) mass is 273 g/mol. The molecule has 6 N–H and O–H groups in total. The maximum absolute atomic E-state index is 8.81. The van der Waals surface area contributed by atoms with Gasteiger partial charge in [-0.2, -0.15) is 0 Å². The Labute approximate surface area is 108 Å². The number of hydrogen-bond donors (Lipinski definition) is 4. The molecule has 0 aromatic rings. The molecule has 1 aliphatic heterocycles. The minimum atomic E-state index is -0.954. The van der Waals surface area contributed by atoms with Gasteiger partial charge in [0, 0.05) is 0 Å². The van der Waals surface area contributed by atoms with Crippen molar-refractivity contribution in [2.45, 2.75) is 32.3 Å². The van der Waals surface area contributed by atoms with E-state index in [2.05, 4.69) is 0 Å². The van der Waals surface area contributed by atoms with Crippen LogP contribution in [0.25, 0.3) is 0 Å². The smallest absolute Gasteiger partial charge is 0.412 e. The molecule has 0 aliphatic carbocycles. The van der Waals surface area contributed by atoms with Gasteiger partial charge >= 0.3 is 1.43 Å². The van der Waals surface area contributed by atoms with Crippen LogP contribution >= 0.6 is 0 Å². The predicted octanol–water partition coefficient (Wildman–Crippen LogP) is -2.43. The van der Waals surface area contributed by atoms with Crippen molar-refractivity contribution < 1.29 is 41.6 Å². The van der Waals surface area contributed by atoms with Gasteiger partial charge in [0.15, 0.2) is 6.29 Å². The number of hydrogen-bond acceptors (Lipinski definition) is 7. The van der Waals surface area contributed by atoms with Gasteiger partial charge in [0.25, 0.3) is 0 Å². The average molecular weight is 273 g/mol. The molecule has 1 saturated heterocycles. The first kappa shape index (κ1) is 22.6. The van der Waals surface area contributed by atoms with Crippen LogP contribution in [0.4, 0.5) is 0 Å². The average Bonchev–Trinajstić information content (AvgIpc) is 2.76. The summed E-state index contributed by atoms with van der Waals surface area (Å²) >= 11 is 0. The Bertz CT molecular complexity index is 168. The third kappa shape index (κ3) is 15.4. The molecule has 0 saturated carbocycles. The largest absolute Gasteiger partial charge is 1.00 e. The van der Waals surface area contributed by atoms with Gasteiger partial charge in [0.1, 0.15) is 18.5 Å². The molecule has 1 rings (SSSR count). The van der Waals surface area contributed by atoms with Gasteiger partial charge in [0.05, 0.1) is 26.4 Å². The lowest BCUT2D eigenvalue weighted by molar-refractivity contribution is -0.106. The molecule has 1 fully saturated rings. The van der Waals surface area contributed by atoms with Crippen LogP contribution < -0.4 is 0 Å². The molecule has 0 aromatic carbocycles. The lowest BCUT2D eigenvalue weighted by Gasteiger charge is -2.01. The van der Waals surface area contributed by atoms with Gasteiger partial charge in [-0.3, -0.25) is 0 Å². The summed E-state index contributed by atoms with van der Waals surface area (Å²) in [6.07, 6.45) is -0.429. The molecule has 8 nitrogen and oxygen atoms in total. The van der Waals surface area contributed by atoms with E-state index in [4.69, 9.17) is 34.7 Å². The minimum absolute atomic E-state index is 0. The molecule has 8 heteroatoms. The van der Waals surface area contributed by atoms with E-state index in [1.807, 2.05) is 6.92 Å². The van der Waals surface area contributed by atoms with Crippen molar-refractivity contribution in [2.75, 3.05) is 26.4 Å². The normalized spacial score (nSPS) is 21.1. The zero-order chi connectivity index (χ0) is 13.7. The molecule has 1 aliphatic rings. The van der Waals surface area contributed by atoms with Crippen molar-refractivity contribution in [3.63, 3.8) is 0 Å². The molecule has 112 valence electrons. The summed E-state index contributed by atoms with van der Waals surface area (Å²) in [5.74, 6) is 0. The number of carbonyl (C=O) groups excluding carboxylic acids is 1. The molecule has 0 aromatic heterocycles. The number of ether oxygens (including phenoxy) is 2. The molecule has 2 atom stereocenters. The van der Waals surface area contributed by atoms with Gasteiger partial charge in [-0.25, -0.2) is 0 Å². The highest BCUT2D eigenvalue weighted by Crippen LogP contribution is 2.08. The lowest BCUT2D eigenvalue weighted by Crippen LogP contribution is -2.15. The fraction of sp³-hybridized carbons (Fsp3) is 0.900. The van der Waals surface area contributed by atoms with E-state index in [1.54, 1.807) is 0 Å². The van der Waals surface area contributed by atoms with Crippen molar-refractivity contribution in [3.8, 4) is 0 Å². The number of aliphatic hydroxyl groups is 4. The van der Waals surface area contributed by atoms with Crippen molar-refractivity contribution in [1.82, 2.24) is 0 Å². The van der Waals surface area contributed by atoms with E-state index in [0.717, 1.165) is 6.29 Å². The van der Waals surface area contributed by atoms with Gasteiger partial charge in [-0.15, -0.1) is 0 Å². The van der Waals surface area contributed by atoms with E-state index >= 15 is 0 Å². The van der Waals surface area contributed by atoms with Gasteiger partial charge in [-0.05, 0) is 13.8 Å². The molecule has 0 spiro atoms. The number of aldehydes is 1. The summed E-state index contributed by atoms with van der Waals surface area (Å²) in [7, 11) is 0. The summed E-state index contributed by atoms with van der Waals surface area (Å²) in [6, 6.07) is 0. The summed E-state index contributed by atoms with van der Waals surface area (Å²) < 4.78 is 10.0. The maximum atomic E-state index is 8.81. The van der Waals surface area contributed by atoms with Crippen LogP contribution in [0.1, 0.15) is 15.3 Å². The van der Waals surface area contributed by atoms with E-state index < -0.39 is 6.10 Å². The summed E-state index contributed by atoms with van der Waals surface area (Å²) in [5.41, 5.74) is 0. The molecule has 1 heterocycles. The lowest BCUT2D eigenvalue weighted by atomic mass is 10.4. The second-order valence-electron chi connectivity index (χ2n) is 3.10. The Hall–Kier alpha value is -0.610. The van der Waals surface area contributed by atoms with Crippen LogP contribution in [0.15, 0.2) is 0 Å². The summed E-state index contributed by atoms with van der Waals surface area (Å²) in [5, 5.41) is 32.5. The second-order valence-corrected chi connectivity index (χ2v) is 3.10. The van der Waals surface area contributed by atoms with Crippen LogP contribution in [-0.4, -0.2) is 77.1 Å². The SMILES string of the molecule is CC1OCC(CO)O1.CC=O.O.OCC(O)CO.[H+]. The zero-order valence-corrected chi connectivity index (χ0v) is 10.7. The third-order valence-corrected chi connectivity index (χ3v) is 1.53. The van der Waals surface area contributed by atoms with Gasteiger partial charge < -0.3 is 40.2 Å². The maximum Gasteiger partial charge on any atom is 1.00 e. The van der Waals surface area contributed by atoms with E-state index in [1.165, 1.54) is 6.92 Å². The minimum Gasteiger partial charge on any atom is -0.412 e. The summed E-state index contributed by atoms with van der Waals surface area (Å²) in [4.78, 5) is 8.81. The number of carbonyl (C=O) groups is 1.